The topological polar surface area (TPSA) is 78.4 Å². The van der Waals surface area contributed by atoms with E-state index in [-0.39, 0.29) is 24.8 Å². The number of nitrogens with one attached hydrogen (secondary N) is 2. The molecule has 0 radical (unpaired) electrons. The SMILES string of the molecule is CCCC(C)(NCC(=O)NCc1ccccc1F)C(=O)O. The molecule has 6 heteroatoms. The molecular formula is C15H21FN2O3. The number of halogens is 1. The maximum atomic E-state index is 13.4. The highest BCUT2D eigenvalue weighted by molar-refractivity contribution is 5.81. The van der Waals surface area contributed by atoms with Crippen molar-refractivity contribution < 1.29 is 19.1 Å². The molecule has 0 aliphatic carbocycles. The van der Waals surface area contributed by atoms with Gasteiger partial charge in [-0.15, -0.1) is 0 Å². The van der Waals surface area contributed by atoms with Gasteiger partial charge in [0.1, 0.15) is 11.4 Å². The molecule has 1 atom stereocenters. The van der Waals surface area contributed by atoms with Crippen molar-refractivity contribution in [2.45, 2.75) is 38.8 Å². The third-order valence-electron chi connectivity index (χ3n) is 3.29. The summed E-state index contributed by atoms with van der Waals surface area (Å²) in [5, 5.41) is 14.5. The van der Waals surface area contributed by atoms with E-state index in [0.717, 1.165) is 0 Å². The van der Waals surface area contributed by atoms with Crippen molar-refractivity contribution in [1.82, 2.24) is 10.6 Å². The van der Waals surface area contributed by atoms with Crippen molar-refractivity contribution in [3.63, 3.8) is 0 Å². The second kappa shape index (κ2) is 7.73. The van der Waals surface area contributed by atoms with Gasteiger partial charge < -0.3 is 10.4 Å². The summed E-state index contributed by atoms with van der Waals surface area (Å²) in [5.41, 5.74) is -0.746. The zero-order valence-electron chi connectivity index (χ0n) is 12.3. The molecule has 0 aromatic heterocycles. The van der Waals surface area contributed by atoms with Crippen molar-refractivity contribution >= 4 is 11.9 Å². The standard InChI is InChI=1S/C15H21FN2O3/c1-3-8-15(2,14(20)21)18-10-13(19)17-9-11-6-4-5-7-12(11)16/h4-7,18H,3,8-10H2,1-2H3,(H,17,19)(H,20,21). The highest BCUT2D eigenvalue weighted by atomic mass is 19.1. The average molecular weight is 296 g/mol. The second-order valence-electron chi connectivity index (χ2n) is 5.11. The molecule has 1 aromatic rings. The first-order valence-electron chi connectivity index (χ1n) is 6.87. The first kappa shape index (κ1) is 17.1. The third-order valence-corrected chi connectivity index (χ3v) is 3.29. The number of hydrogen-bond donors (Lipinski definition) is 3. The number of carboxylic acid groups (broad SMARTS) is 1. The second-order valence-corrected chi connectivity index (χ2v) is 5.11. The Morgan fingerprint density at radius 2 is 2.00 bits per heavy atom. The van der Waals surface area contributed by atoms with Crippen LogP contribution in [0.25, 0.3) is 0 Å². The number of carboxylic acids is 1. The molecule has 1 unspecified atom stereocenters. The van der Waals surface area contributed by atoms with Gasteiger partial charge in [-0.1, -0.05) is 31.5 Å². The van der Waals surface area contributed by atoms with Crippen LogP contribution in [-0.2, 0) is 16.1 Å². The minimum atomic E-state index is -1.13. The van der Waals surface area contributed by atoms with Gasteiger partial charge in [-0.05, 0) is 19.4 Å². The summed E-state index contributed by atoms with van der Waals surface area (Å²) < 4.78 is 13.4. The molecule has 1 rings (SSSR count). The van der Waals surface area contributed by atoms with E-state index in [0.29, 0.717) is 18.4 Å². The van der Waals surface area contributed by atoms with E-state index in [1.165, 1.54) is 6.07 Å². The number of rotatable bonds is 8. The van der Waals surface area contributed by atoms with Crippen LogP contribution < -0.4 is 10.6 Å². The van der Waals surface area contributed by atoms with Crippen LogP contribution in [0, 0.1) is 5.82 Å². The van der Waals surface area contributed by atoms with E-state index in [1.807, 2.05) is 6.92 Å². The number of aliphatic carboxylic acids is 1. The van der Waals surface area contributed by atoms with Gasteiger partial charge in [0.15, 0.2) is 0 Å². The molecule has 0 bridgehead atoms. The third kappa shape index (κ3) is 5.15. The van der Waals surface area contributed by atoms with Crippen molar-refractivity contribution in [3.8, 4) is 0 Å². The molecule has 0 fully saturated rings. The van der Waals surface area contributed by atoms with Crippen molar-refractivity contribution in [2.75, 3.05) is 6.54 Å². The number of amides is 1. The van der Waals surface area contributed by atoms with E-state index in [2.05, 4.69) is 10.6 Å². The number of carbonyl (C=O) groups is 2. The van der Waals surface area contributed by atoms with Crippen LogP contribution >= 0.6 is 0 Å². The van der Waals surface area contributed by atoms with Gasteiger partial charge in [-0.2, -0.15) is 0 Å². The Morgan fingerprint density at radius 3 is 2.57 bits per heavy atom. The molecule has 0 saturated carbocycles. The molecule has 3 N–H and O–H groups in total. The molecule has 5 nitrogen and oxygen atoms in total. The first-order valence-corrected chi connectivity index (χ1v) is 6.87. The first-order chi connectivity index (χ1) is 9.89. The average Bonchev–Trinajstić information content (AvgIpc) is 2.44. The van der Waals surface area contributed by atoms with Gasteiger partial charge in [-0.25, -0.2) is 4.39 Å². The van der Waals surface area contributed by atoms with Crippen LogP contribution in [-0.4, -0.2) is 29.1 Å². The minimum Gasteiger partial charge on any atom is -0.480 e. The Morgan fingerprint density at radius 1 is 1.33 bits per heavy atom. The predicted octanol–water partition coefficient (Wildman–Crippen LogP) is 1.67. The summed E-state index contributed by atoms with van der Waals surface area (Å²) >= 11 is 0. The van der Waals surface area contributed by atoms with Crippen LogP contribution in [0.3, 0.4) is 0 Å². The Labute approximate surface area is 123 Å². The summed E-state index contributed by atoms with van der Waals surface area (Å²) in [6.45, 7) is 3.37. The van der Waals surface area contributed by atoms with Gasteiger partial charge in [0, 0.05) is 12.1 Å². The van der Waals surface area contributed by atoms with Crippen LogP contribution in [0.2, 0.25) is 0 Å². The molecule has 0 saturated heterocycles. The van der Waals surface area contributed by atoms with E-state index in [9.17, 15) is 19.1 Å². The van der Waals surface area contributed by atoms with Gasteiger partial charge in [0.2, 0.25) is 5.91 Å². The smallest absolute Gasteiger partial charge is 0.323 e. The Kier molecular flexibility index (Phi) is 6.30. The number of benzene rings is 1. The molecule has 1 aromatic carbocycles. The molecule has 116 valence electrons. The van der Waals surface area contributed by atoms with Gasteiger partial charge in [0.05, 0.1) is 6.54 Å². The molecule has 1 amide bonds. The van der Waals surface area contributed by atoms with Crippen LogP contribution in [0.1, 0.15) is 32.3 Å². The Bertz CT molecular complexity index is 507. The van der Waals surface area contributed by atoms with E-state index in [1.54, 1.807) is 25.1 Å². The Balaban J connectivity index is 2.47. The van der Waals surface area contributed by atoms with Crippen LogP contribution in [0.5, 0.6) is 0 Å². The summed E-state index contributed by atoms with van der Waals surface area (Å²) in [6.07, 6.45) is 1.11. The fourth-order valence-corrected chi connectivity index (χ4v) is 1.94. The van der Waals surface area contributed by atoms with Crippen LogP contribution in [0.15, 0.2) is 24.3 Å². The summed E-state index contributed by atoms with van der Waals surface area (Å²) in [4.78, 5) is 22.9. The van der Waals surface area contributed by atoms with Crippen LogP contribution in [0.4, 0.5) is 4.39 Å². The fraction of sp³-hybridized carbons (Fsp3) is 0.467. The lowest BCUT2D eigenvalue weighted by atomic mass is 9.96. The minimum absolute atomic E-state index is 0.0742. The van der Waals surface area contributed by atoms with E-state index in [4.69, 9.17) is 0 Å². The zero-order chi connectivity index (χ0) is 15.9. The lowest BCUT2D eigenvalue weighted by molar-refractivity contribution is -0.144. The molecular weight excluding hydrogens is 275 g/mol. The molecule has 0 heterocycles. The quantitative estimate of drug-likeness (QED) is 0.682. The van der Waals surface area contributed by atoms with E-state index >= 15 is 0 Å². The van der Waals surface area contributed by atoms with Crippen molar-refractivity contribution in [2.24, 2.45) is 0 Å². The van der Waals surface area contributed by atoms with Crippen molar-refractivity contribution in [1.29, 1.82) is 0 Å². The molecule has 0 aliphatic heterocycles. The fourth-order valence-electron chi connectivity index (χ4n) is 1.94. The lowest BCUT2D eigenvalue weighted by Crippen LogP contribution is -2.52. The number of hydrogen-bond acceptors (Lipinski definition) is 3. The molecule has 0 aliphatic rings. The van der Waals surface area contributed by atoms with Crippen molar-refractivity contribution in [3.05, 3.63) is 35.6 Å². The largest absolute Gasteiger partial charge is 0.480 e. The summed E-state index contributed by atoms with van der Waals surface area (Å²) in [7, 11) is 0. The predicted molar refractivity (Wildman–Crippen MR) is 77.2 cm³/mol. The maximum absolute atomic E-state index is 13.4. The van der Waals surface area contributed by atoms with Gasteiger partial charge in [0.25, 0.3) is 0 Å². The summed E-state index contributed by atoms with van der Waals surface area (Å²) in [6, 6.07) is 6.17. The maximum Gasteiger partial charge on any atom is 0.323 e. The normalized spacial score (nSPS) is 13.5. The zero-order valence-corrected chi connectivity index (χ0v) is 12.3. The Hall–Kier alpha value is -1.95. The monoisotopic (exact) mass is 296 g/mol. The highest BCUT2D eigenvalue weighted by Gasteiger charge is 2.31. The number of carbonyl (C=O) groups excluding carboxylic acids is 1. The molecule has 0 spiro atoms. The molecule has 21 heavy (non-hydrogen) atoms. The summed E-state index contributed by atoms with van der Waals surface area (Å²) in [5.74, 6) is -1.75. The van der Waals surface area contributed by atoms with E-state index < -0.39 is 11.5 Å². The van der Waals surface area contributed by atoms with Gasteiger partial charge >= 0.3 is 5.97 Å². The lowest BCUT2D eigenvalue weighted by Gasteiger charge is -2.25. The highest BCUT2D eigenvalue weighted by Crippen LogP contribution is 2.12. The van der Waals surface area contributed by atoms with Gasteiger partial charge in [-0.3, -0.25) is 14.9 Å².